The Bertz CT molecular complexity index is 1310. The minimum absolute atomic E-state index is 0.183. The molecule has 77 heavy (non-hydrogen) atoms. The average Bonchev–Trinajstić information content (AvgIpc) is 3.40. The van der Waals surface area contributed by atoms with Gasteiger partial charge in [0.25, 0.3) is 6.29 Å². The van der Waals surface area contributed by atoms with Crippen LogP contribution in [0.5, 0.6) is 0 Å². The largest absolute Gasteiger partial charge is 0.477 e. The normalized spacial score (nSPS) is 12.8. The number of esters is 2. The molecule has 2 atom stereocenters. The van der Waals surface area contributed by atoms with E-state index in [1.54, 1.807) is 0 Å². The summed E-state index contributed by atoms with van der Waals surface area (Å²) in [5, 5.41) is 9.71. The van der Waals surface area contributed by atoms with E-state index in [0.717, 1.165) is 57.8 Å². The molecule has 0 fully saturated rings. The van der Waals surface area contributed by atoms with Crippen LogP contribution in [-0.4, -0.2) is 87.4 Å². The predicted molar refractivity (Wildman–Crippen MR) is 328 cm³/mol. The van der Waals surface area contributed by atoms with Crippen molar-refractivity contribution in [3.63, 3.8) is 0 Å². The highest BCUT2D eigenvalue weighted by Crippen LogP contribution is 2.19. The maximum Gasteiger partial charge on any atom is 0.361 e. The molecule has 0 aliphatic heterocycles. The van der Waals surface area contributed by atoms with Gasteiger partial charge >= 0.3 is 17.9 Å². The van der Waals surface area contributed by atoms with Gasteiger partial charge in [0, 0.05) is 12.8 Å². The summed E-state index contributed by atoms with van der Waals surface area (Å²) in [6, 6.07) is 0. The van der Waals surface area contributed by atoms with Crippen LogP contribution in [0.4, 0.5) is 0 Å². The van der Waals surface area contributed by atoms with Crippen LogP contribution in [0.2, 0.25) is 0 Å². The van der Waals surface area contributed by atoms with Crippen LogP contribution in [0.3, 0.4) is 0 Å². The molecular weight excluding hydrogens is 959 g/mol. The fourth-order valence-corrected chi connectivity index (χ4v) is 10.0. The number of carbonyl (C=O) groups is 3. The smallest absolute Gasteiger partial charge is 0.361 e. The first-order chi connectivity index (χ1) is 37.6. The molecule has 1 N–H and O–H groups in total. The average molecular weight is 1090 g/mol. The summed E-state index contributed by atoms with van der Waals surface area (Å²) in [5.74, 6) is -2.00. The second-order valence-electron chi connectivity index (χ2n) is 24.1. The molecule has 9 nitrogen and oxygen atoms in total. The minimum atomic E-state index is -1.51. The van der Waals surface area contributed by atoms with Gasteiger partial charge in [-0.2, -0.15) is 0 Å². The lowest BCUT2D eigenvalue weighted by atomic mass is 10.0. The first kappa shape index (κ1) is 74.8. The summed E-state index contributed by atoms with van der Waals surface area (Å²) >= 11 is 0. The number of ether oxygens (including phenoxy) is 4. The van der Waals surface area contributed by atoms with Crippen molar-refractivity contribution in [3.05, 3.63) is 24.3 Å². The summed E-state index contributed by atoms with van der Waals surface area (Å²) in [6.45, 7) is 4.90. The van der Waals surface area contributed by atoms with Crippen LogP contribution in [0.1, 0.15) is 335 Å². The van der Waals surface area contributed by atoms with E-state index in [4.69, 9.17) is 18.9 Å². The van der Waals surface area contributed by atoms with Gasteiger partial charge in [0.2, 0.25) is 0 Å². The van der Waals surface area contributed by atoms with E-state index in [-0.39, 0.29) is 32.2 Å². The Balaban J connectivity index is 3.96. The van der Waals surface area contributed by atoms with Crippen molar-refractivity contribution in [3.8, 4) is 0 Å². The van der Waals surface area contributed by atoms with E-state index >= 15 is 0 Å². The third-order valence-electron chi connectivity index (χ3n) is 15.2. The second kappa shape index (κ2) is 59.9. The first-order valence-electron chi connectivity index (χ1n) is 33.5. The number of aliphatic carboxylic acids is 1. The quantitative estimate of drug-likeness (QED) is 0.0211. The number of carboxylic acids is 1. The van der Waals surface area contributed by atoms with Crippen molar-refractivity contribution >= 4 is 17.9 Å². The third-order valence-corrected chi connectivity index (χ3v) is 15.2. The number of hydrogen-bond donors (Lipinski definition) is 1. The van der Waals surface area contributed by atoms with E-state index < -0.39 is 24.3 Å². The summed E-state index contributed by atoms with van der Waals surface area (Å²) < 4.78 is 22.9. The third kappa shape index (κ3) is 61.2. The number of unbranched alkanes of at least 4 members (excludes halogenated alkanes) is 44. The first-order valence-corrected chi connectivity index (χ1v) is 33.5. The maximum atomic E-state index is 12.9. The van der Waals surface area contributed by atoms with E-state index in [2.05, 4.69) is 38.2 Å². The standard InChI is InChI=1S/C68H129NO8/c1-6-8-10-12-14-16-18-20-22-24-25-26-27-28-29-30-31-32-33-34-35-36-37-38-39-40-41-42-43-45-46-48-50-52-54-56-58-65(70)75-62-64(63-76-68(67(72)73)74-61-60-69(3,4)5)77-66(71)59-57-55-53-51-49-47-44-23-21-19-17-15-13-11-9-7-2/h17,19,23,44,64,68H,6-16,18,20-22,24-43,45-63H2,1-5H3/p+1/b19-17-,44-23-. The maximum absolute atomic E-state index is 12.9. The molecule has 0 rings (SSSR count). The Hall–Kier alpha value is -2.23. The van der Waals surface area contributed by atoms with Gasteiger partial charge in [-0.05, 0) is 44.9 Å². The van der Waals surface area contributed by atoms with Gasteiger partial charge in [0.15, 0.2) is 6.10 Å². The Morgan fingerprint density at radius 2 is 0.701 bits per heavy atom. The molecule has 0 spiro atoms. The van der Waals surface area contributed by atoms with Crippen molar-refractivity contribution in [2.75, 3.05) is 47.5 Å². The summed E-state index contributed by atoms with van der Waals surface area (Å²) in [5.41, 5.74) is 0. The van der Waals surface area contributed by atoms with Gasteiger partial charge in [0.05, 0.1) is 34.4 Å². The molecule has 0 bridgehead atoms. The zero-order chi connectivity index (χ0) is 56.2. The number of allylic oxidation sites excluding steroid dienone is 4. The molecular formula is C68H130NO8+. The Morgan fingerprint density at radius 3 is 1.04 bits per heavy atom. The number of hydrogen-bond acceptors (Lipinski definition) is 7. The molecule has 0 aliphatic carbocycles. The molecule has 0 saturated heterocycles. The van der Waals surface area contributed by atoms with E-state index in [1.807, 2.05) is 21.1 Å². The summed E-state index contributed by atoms with van der Waals surface area (Å²) in [7, 11) is 5.97. The van der Waals surface area contributed by atoms with E-state index in [0.29, 0.717) is 23.9 Å². The number of nitrogens with zero attached hydrogens (tertiary/aromatic N) is 1. The van der Waals surface area contributed by atoms with Gasteiger partial charge in [-0.1, -0.05) is 301 Å². The minimum Gasteiger partial charge on any atom is -0.477 e. The van der Waals surface area contributed by atoms with Crippen LogP contribution >= 0.6 is 0 Å². The number of quaternary nitrogens is 1. The second-order valence-corrected chi connectivity index (χ2v) is 24.1. The molecule has 0 aliphatic rings. The highest BCUT2D eigenvalue weighted by atomic mass is 16.7. The molecule has 0 amide bonds. The van der Waals surface area contributed by atoms with Crippen molar-refractivity contribution < 1.29 is 42.9 Å². The Kier molecular flexibility index (Phi) is 58.1. The van der Waals surface area contributed by atoms with Crippen molar-refractivity contribution in [1.82, 2.24) is 0 Å². The molecule has 0 heterocycles. The lowest BCUT2D eigenvalue weighted by Gasteiger charge is -2.25. The SMILES string of the molecule is CCCCCC/C=C\C/C=C\CCCCCCCC(=O)OC(COC(=O)CCCCCCCCCCCCCCCCCCCCCCCCCCCCCCCCCCCCCC)COC(OCC[N+](C)(C)C)C(=O)O. The fraction of sp³-hybridized carbons (Fsp3) is 0.897. The Morgan fingerprint density at radius 1 is 0.390 bits per heavy atom. The molecule has 0 aromatic heterocycles. The monoisotopic (exact) mass is 1090 g/mol. The van der Waals surface area contributed by atoms with Gasteiger partial charge in [-0.3, -0.25) is 9.59 Å². The Labute approximate surface area is 478 Å². The fourth-order valence-electron chi connectivity index (χ4n) is 10.0. The van der Waals surface area contributed by atoms with E-state index in [1.165, 1.54) is 244 Å². The zero-order valence-corrected chi connectivity index (χ0v) is 51.9. The highest BCUT2D eigenvalue weighted by molar-refractivity contribution is 5.71. The molecule has 0 saturated carbocycles. The van der Waals surface area contributed by atoms with Crippen molar-refractivity contribution in [1.29, 1.82) is 0 Å². The summed E-state index contributed by atoms with van der Waals surface area (Å²) in [4.78, 5) is 37.5. The highest BCUT2D eigenvalue weighted by Gasteiger charge is 2.25. The van der Waals surface area contributed by atoms with Gasteiger partial charge in [-0.15, -0.1) is 0 Å². The number of carboxylic acid groups (broad SMARTS) is 1. The van der Waals surface area contributed by atoms with Crippen LogP contribution in [0.25, 0.3) is 0 Å². The molecule has 2 unspecified atom stereocenters. The lowest BCUT2D eigenvalue weighted by molar-refractivity contribution is -0.870. The van der Waals surface area contributed by atoms with Crippen LogP contribution in [-0.2, 0) is 33.3 Å². The zero-order valence-electron chi connectivity index (χ0n) is 51.9. The molecule has 9 heteroatoms. The number of rotatable bonds is 63. The van der Waals surface area contributed by atoms with Crippen LogP contribution < -0.4 is 0 Å². The topological polar surface area (TPSA) is 108 Å². The summed E-state index contributed by atoms with van der Waals surface area (Å²) in [6.07, 6.45) is 70.2. The molecule has 0 radical (unpaired) electrons. The van der Waals surface area contributed by atoms with Crippen LogP contribution in [0, 0.1) is 0 Å². The lowest BCUT2D eigenvalue weighted by Crippen LogP contribution is -2.40. The van der Waals surface area contributed by atoms with Gasteiger partial charge < -0.3 is 28.5 Å². The molecule has 0 aromatic rings. The predicted octanol–water partition coefficient (Wildman–Crippen LogP) is 20.2. The number of carbonyl (C=O) groups excluding carboxylic acids is 2. The van der Waals surface area contributed by atoms with Gasteiger partial charge in [0.1, 0.15) is 13.2 Å². The molecule has 0 aromatic carbocycles. The van der Waals surface area contributed by atoms with Gasteiger partial charge in [-0.25, -0.2) is 4.79 Å². The van der Waals surface area contributed by atoms with Crippen molar-refractivity contribution in [2.45, 2.75) is 347 Å². The van der Waals surface area contributed by atoms with Crippen LogP contribution in [0.15, 0.2) is 24.3 Å². The van der Waals surface area contributed by atoms with Crippen molar-refractivity contribution in [2.24, 2.45) is 0 Å². The molecule has 454 valence electrons. The van der Waals surface area contributed by atoms with E-state index in [9.17, 15) is 19.5 Å². The number of likely N-dealkylation sites (N-methyl/N-ethyl adjacent to an activating group) is 1.